The molecule has 1 fully saturated rings. The maximum Gasteiger partial charge on any atom is 0.0643 e. The summed E-state index contributed by atoms with van der Waals surface area (Å²) in [5.74, 6) is 0. The summed E-state index contributed by atoms with van der Waals surface area (Å²) in [5.41, 5.74) is 1.34. The van der Waals surface area contributed by atoms with Crippen LogP contribution in [0.5, 0.6) is 0 Å². The summed E-state index contributed by atoms with van der Waals surface area (Å²) in [6, 6.07) is 3.13. The molecule has 2 rings (SSSR count). The SMILES string of the molecule is CC(NC1COC1)c1ccn(C)c1. The van der Waals surface area contributed by atoms with Crippen LogP contribution >= 0.6 is 0 Å². The maximum atomic E-state index is 5.11. The average molecular weight is 180 g/mol. The van der Waals surface area contributed by atoms with Gasteiger partial charge >= 0.3 is 0 Å². The minimum absolute atomic E-state index is 0.426. The Hall–Kier alpha value is -0.800. The van der Waals surface area contributed by atoms with Gasteiger partial charge in [0.15, 0.2) is 0 Å². The van der Waals surface area contributed by atoms with Crippen LogP contribution < -0.4 is 5.32 Å². The standard InChI is InChI=1S/C10H16N2O/c1-8(11-10-6-13-7-10)9-3-4-12(2)5-9/h3-5,8,10-11H,6-7H2,1-2H3. The van der Waals surface area contributed by atoms with Crippen LogP contribution in [0.4, 0.5) is 0 Å². The molecule has 2 heterocycles. The van der Waals surface area contributed by atoms with Crippen LogP contribution in [-0.2, 0) is 11.8 Å². The lowest BCUT2D eigenvalue weighted by Gasteiger charge is -2.29. The Morgan fingerprint density at radius 1 is 1.62 bits per heavy atom. The van der Waals surface area contributed by atoms with E-state index in [4.69, 9.17) is 4.74 Å². The molecule has 0 aliphatic carbocycles. The van der Waals surface area contributed by atoms with Gasteiger partial charge in [0.05, 0.1) is 19.3 Å². The number of rotatable bonds is 3. The van der Waals surface area contributed by atoms with Gasteiger partial charge in [-0.3, -0.25) is 0 Å². The molecule has 1 aliphatic rings. The number of nitrogens with one attached hydrogen (secondary N) is 1. The highest BCUT2D eigenvalue weighted by molar-refractivity contribution is 5.14. The largest absolute Gasteiger partial charge is 0.378 e. The van der Waals surface area contributed by atoms with E-state index in [0.29, 0.717) is 12.1 Å². The second kappa shape index (κ2) is 3.52. The number of aromatic nitrogens is 1. The lowest BCUT2D eigenvalue weighted by Crippen LogP contribution is -2.46. The highest BCUT2D eigenvalue weighted by Crippen LogP contribution is 2.14. The van der Waals surface area contributed by atoms with Gasteiger partial charge in [-0.1, -0.05) is 0 Å². The molecular weight excluding hydrogens is 164 g/mol. The zero-order valence-electron chi connectivity index (χ0n) is 8.16. The second-order valence-electron chi connectivity index (χ2n) is 3.73. The summed E-state index contributed by atoms with van der Waals surface area (Å²) in [6.45, 7) is 3.90. The summed E-state index contributed by atoms with van der Waals surface area (Å²) in [6.07, 6.45) is 4.22. The first kappa shape index (κ1) is 8.78. The Morgan fingerprint density at radius 3 is 2.85 bits per heavy atom. The van der Waals surface area contributed by atoms with Crippen molar-refractivity contribution in [2.75, 3.05) is 13.2 Å². The maximum absolute atomic E-state index is 5.11. The van der Waals surface area contributed by atoms with E-state index in [1.807, 2.05) is 7.05 Å². The van der Waals surface area contributed by atoms with Gasteiger partial charge in [-0.05, 0) is 18.6 Å². The van der Waals surface area contributed by atoms with Crippen LogP contribution in [0.3, 0.4) is 0 Å². The molecule has 0 spiro atoms. The predicted octanol–water partition coefficient (Wildman–Crippen LogP) is 1.07. The predicted molar refractivity (Wildman–Crippen MR) is 51.6 cm³/mol. The summed E-state index contributed by atoms with van der Waals surface area (Å²) < 4.78 is 7.18. The van der Waals surface area contributed by atoms with Gasteiger partial charge < -0.3 is 14.6 Å². The molecule has 1 saturated heterocycles. The first-order valence-electron chi connectivity index (χ1n) is 4.71. The van der Waals surface area contributed by atoms with Crippen LogP contribution in [0, 0.1) is 0 Å². The quantitative estimate of drug-likeness (QED) is 0.753. The van der Waals surface area contributed by atoms with Crippen LogP contribution in [0.2, 0.25) is 0 Å². The van der Waals surface area contributed by atoms with E-state index in [2.05, 4.69) is 35.3 Å². The Kier molecular flexibility index (Phi) is 2.38. The fourth-order valence-corrected chi connectivity index (χ4v) is 1.56. The number of hydrogen-bond acceptors (Lipinski definition) is 2. The molecule has 1 atom stereocenters. The zero-order valence-corrected chi connectivity index (χ0v) is 8.16. The third-order valence-electron chi connectivity index (χ3n) is 2.48. The molecule has 1 aromatic heterocycles. The van der Waals surface area contributed by atoms with E-state index in [1.54, 1.807) is 0 Å². The van der Waals surface area contributed by atoms with Crippen molar-refractivity contribution in [3.05, 3.63) is 24.0 Å². The molecule has 0 amide bonds. The minimum atomic E-state index is 0.426. The van der Waals surface area contributed by atoms with Crippen molar-refractivity contribution in [1.29, 1.82) is 0 Å². The molecule has 1 aliphatic heterocycles. The fraction of sp³-hybridized carbons (Fsp3) is 0.600. The molecule has 0 bridgehead atoms. The first-order valence-corrected chi connectivity index (χ1v) is 4.71. The molecule has 3 heteroatoms. The molecule has 72 valence electrons. The molecule has 3 nitrogen and oxygen atoms in total. The summed E-state index contributed by atoms with van der Waals surface area (Å²) in [7, 11) is 2.04. The van der Waals surface area contributed by atoms with Gasteiger partial charge in [0.2, 0.25) is 0 Å². The first-order chi connectivity index (χ1) is 6.25. The van der Waals surface area contributed by atoms with E-state index in [1.165, 1.54) is 5.56 Å². The fourth-order valence-electron chi connectivity index (χ4n) is 1.56. The number of hydrogen-bond donors (Lipinski definition) is 1. The van der Waals surface area contributed by atoms with E-state index in [0.717, 1.165) is 13.2 Å². The Bertz CT molecular complexity index is 278. The highest BCUT2D eigenvalue weighted by Gasteiger charge is 2.20. The average Bonchev–Trinajstić information content (AvgIpc) is 2.44. The molecule has 1 unspecified atom stereocenters. The van der Waals surface area contributed by atoms with Crippen molar-refractivity contribution in [2.24, 2.45) is 7.05 Å². The van der Waals surface area contributed by atoms with E-state index >= 15 is 0 Å². The molecule has 1 N–H and O–H groups in total. The Balaban J connectivity index is 1.92. The topological polar surface area (TPSA) is 26.2 Å². The van der Waals surface area contributed by atoms with Crippen molar-refractivity contribution in [2.45, 2.75) is 19.0 Å². The minimum Gasteiger partial charge on any atom is -0.378 e. The smallest absolute Gasteiger partial charge is 0.0643 e. The van der Waals surface area contributed by atoms with Crippen LogP contribution in [0.25, 0.3) is 0 Å². The molecule has 13 heavy (non-hydrogen) atoms. The normalized spacial score (nSPS) is 19.8. The molecular formula is C10H16N2O. The summed E-state index contributed by atoms with van der Waals surface area (Å²) in [4.78, 5) is 0. The van der Waals surface area contributed by atoms with Gasteiger partial charge in [-0.15, -0.1) is 0 Å². The van der Waals surface area contributed by atoms with Gasteiger partial charge in [0, 0.05) is 25.5 Å². The number of aryl methyl sites for hydroxylation is 1. The van der Waals surface area contributed by atoms with E-state index < -0.39 is 0 Å². The third-order valence-corrected chi connectivity index (χ3v) is 2.48. The highest BCUT2D eigenvalue weighted by atomic mass is 16.5. The van der Waals surface area contributed by atoms with Gasteiger partial charge in [-0.2, -0.15) is 0 Å². The number of nitrogens with zero attached hydrogens (tertiary/aromatic N) is 1. The third kappa shape index (κ3) is 1.92. The van der Waals surface area contributed by atoms with Gasteiger partial charge in [0.25, 0.3) is 0 Å². The zero-order chi connectivity index (χ0) is 9.26. The van der Waals surface area contributed by atoms with Gasteiger partial charge in [0.1, 0.15) is 0 Å². The van der Waals surface area contributed by atoms with Crippen molar-refractivity contribution in [3.8, 4) is 0 Å². The molecule has 0 saturated carbocycles. The molecule has 0 radical (unpaired) electrons. The van der Waals surface area contributed by atoms with Crippen LogP contribution in [0.1, 0.15) is 18.5 Å². The van der Waals surface area contributed by atoms with Crippen LogP contribution in [0.15, 0.2) is 18.5 Å². The molecule has 0 aromatic carbocycles. The van der Waals surface area contributed by atoms with E-state index in [9.17, 15) is 0 Å². The lowest BCUT2D eigenvalue weighted by molar-refractivity contribution is -0.00925. The summed E-state index contributed by atoms with van der Waals surface area (Å²) in [5, 5.41) is 3.51. The monoisotopic (exact) mass is 180 g/mol. The van der Waals surface area contributed by atoms with Crippen LogP contribution in [-0.4, -0.2) is 23.8 Å². The summed E-state index contributed by atoms with van der Waals surface area (Å²) >= 11 is 0. The lowest BCUT2D eigenvalue weighted by atomic mass is 10.1. The van der Waals surface area contributed by atoms with Crippen molar-refractivity contribution >= 4 is 0 Å². The molecule has 1 aromatic rings. The van der Waals surface area contributed by atoms with E-state index in [-0.39, 0.29) is 0 Å². The Labute approximate surface area is 78.7 Å². The van der Waals surface area contributed by atoms with Gasteiger partial charge in [-0.25, -0.2) is 0 Å². The van der Waals surface area contributed by atoms with Crippen molar-refractivity contribution in [3.63, 3.8) is 0 Å². The second-order valence-corrected chi connectivity index (χ2v) is 3.73. The van der Waals surface area contributed by atoms with Crippen molar-refractivity contribution < 1.29 is 4.74 Å². The Morgan fingerprint density at radius 2 is 2.38 bits per heavy atom. The number of ether oxygens (including phenoxy) is 1. The van der Waals surface area contributed by atoms with Crippen molar-refractivity contribution in [1.82, 2.24) is 9.88 Å².